The molecule has 2 aromatic rings. The molecule has 1 fully saturated rings. The lowest BCUT2D eigenvalue weighted by molar-refractivity contribution is -0.310. The Kier molecular flexibility index (Phi) is 24.8. The van der Waals surface area contributed by atoms with Gasteiger partial charge in [0, 0.05) is 56.7 Å². The number of rotatable bonds is 35. The maximum absolute atomic E-state index is 12.9. The molecule has 70 heavy (non-hydrogen) atoms. The number of aromatic nitrogens is 3. The number of nitrogens with one attached hydrogen (secondary N) is 3. The van der Waals surface area contributed by atoms with Gasteiger partial charge >= 0.3 is 5.97 Å². The highest BCUT2D eigenvalue weighted by atomic mass is 19.3. The van der Waals surface area contributed by atoms with Gasteiger partial charge in [0.1, 0.15) is 24.5 Å². The number of aliphatic hydroxyl groups is 4. The quantitative estimate of drug-likeness (QED) is 0.0281. The van der Waals surface area contributed by atoms with Crippen molar-refractivity contribution in [2.24, 2.45) is 0 Å². The number of unbranched alkanes of at least 4 members (excludes halogenated alkanes) is 3. The molecule has 2 aliphatic heterocycles. The van der Waals surface area contributed by atoms with Gasteiger partial charge in [0.25, 0.3) is 24.0 Å². The molecule has 1 saturated heterocycles. The highest BCUT2D eigenvalue weighted by Gasteiger charge is 2.55. The number of hydrogen-bond donors (Lipinski definition) is 8. The van der Waals surface area contributed by atoms with Crippen molar-refractivity contribution in [2.75, 3.05) is 79.1 Å². The third-order valence-electron chi connectivity index (χ3n) is 10.8. The fourth-order valence-electron chi connectivity index (χ4n) is 7.07. The van der Waals surface area contributed by atoms with Crippen LogP contribution in [0.3, 0.4) is 0 Å². The highest BCUT2D eigenvalue weighted by Crippen LogP contribution is 2.34. The molecule has 0 spiro atoms. The van der Waals surface area contributed by atoms with Crippen LogP contribution in [0.2, 0.25) is 0 Å². The Morgan fingerprint density at radius 3 is 2.11 bits per heavy atom. The van der Waals surface area contributed by atoms with Gasteiger partial charge in [0.05, 0.1) is 90.3 Å². The first-order valence-corrected chi connectivity index (χ1v) is 22.8. The number of nitrogens with zero attached hydrogens (tertiary/aromatic N) is 4. The number of carboxylic acids is 1. The molecule has 0 unspecified atom stereocenters. The number of benzene rings is 1. The first kappa shape index (κ1) is 57.2. The lowest BCUT2D eigenvalue weighted by Crippen LogP contribution is -2.68. The second-order valence-corrected chi connectivity index (χ2v) is 16.1. The van der Waals surface area contributed by atoms with Gasteiger partial charge in [-0.1, -0.05) is 42.3 Å². The van der Waals surface area contributed by atoms with E-state index >= 15 is 0 Å². The number of aliphatic hydroxyl groups excluding tert-OH is 4. The number of amides is 5. The summed E-state index contributed by atoms with van der Waals surface area (Å²) >= 11 is 0. The summed E-state index contributed by atoms with van der Waals surface area (Å²) in [5.74, 6) is -6.95. The van der Waals surface area contributed by atoms with Crippen LogP contribution in [0.15, 0.2) is 42.6 Å². The summed E-state index contributed by atoms with van der Waals surface area (Å²) in [7, 11) is 0. The van der Waals surface area contributed by atoms with Gasteiger partial charge in [-0.05, 0) is 18.4 Å². The van der Waals surface area contributed by atoms with Gasteiger partial charge in [-0.3, -0.25) is 33.6 Å². The molecule has 2 aliphatic rings. The zero-order valence-corrected chi connectivity index (χ0v) is 38.5. The molecule has 4 rings (SSSR count). The zero-order valence-electron chi connectivity index (χ0n) is 38.5. The van der Waals surface area contributed by atoms with Gasteiger partial charge in [-0.15, -0.1) is 5.10 Å². The summed E-state index contributed by atoms with van der Waals surface area (Å²) in [6.07, 6.45) is -4.53. The van der Waals surface area contributed by atoms with E-state index in [1.807, 2.05) is 0 Å². The maximum atomic E-state index is 12.9. The first-order valence-electron chi connectivity index (χ1n) is 22.8. The summed E-state index contributed by atoms with van der Waals surface area (Å²) in [6.45, 7) is 1.58. The first-order chi connectivity index (χ1) is 33.6. The van der Waals surface area contributed by atoms with Crippen LogP contribution in [0.5, 0.6) is 0 Å². The van der Waals surface area contributed by atoms with E-state index in [9.17, 15) is 63.1 Å². The maximum Gasteiger partial charge on any atom is 0.364 e. The molecule has 5 amide bonds. The molecule has 0 aliphatic carbocycles. The molecule has 6 atom stereocenters. The van der Waals surface area contributed by atoms with Gasteiger partial charge in [-0.25, -0.2) is 13.6 Å². The number of carbonyl (C=O) groups is 6. The Labute approximate surface area is 401 Å². The smallest absolute Gasteiger partial charge is 0.364 e. The minimum Gasteiger partial charge on any atom is -0.477 e. The number of carboxylic acid groups (broad SMARTS) is 1. The van der Waals surface area contributed by atoms with E-state index in [0.717, 1.165) is 4.90 Å². The number of ether oxygens (including phenoxy) is 6. The van der Waals surface area contributed by atoms with E-state index in [4.69, 9.17) is 28.4 Å². The second kappa shape index (κ2) is 30.3. The average Bonchev–Trinajstić information content (AvgIpc) is 3.93. The van der Waals surface area contributed by atoms with Crippen molar-refractivity contribution in [3.63, 3.8) is 0 Å². The van der Waals surface area contributed by atoms with Crippen molar-refractivity contribution < 1.29 is 91.5 Å². The molecule has 1 aromatic carbocycles. The predicted octanol–water partition coefficient (Wildman–Crippen LogP) is -1.72. The molecule has 26 heteroatoms. The standard InChI is InChI=1S/C44H63F2N7O17/c45-42(46)30-7-5-29(6-8-30)23-35(58)48-25-33(56)40(62)41-39(49-36(59)27-54)32(55)24-44(70-41,43(63)64)69-15-4-2-1-3-13-52-26-31(50-51-52)28-68-22-21-67-20-19-66-18-17-65-16-12-47-34(57)11-14-53-37(60)9-10-38(53)61/h5-10,26,32-33,39-42,54-56,62H,1-4,11-25,27-28H2,(H,47,57)(H,48,58)(H,49,59)(H,63,64)/t32-,33+,39+,40+,41+,44+/m0/s1. The van der Waals surface area contributed by atoms with Crippen molar-refractivity contribution in [3.05, 3.63) is 59.4 Å². The van der Waals surface area contributed by atoms with Crippen LogP contribution in [-0.4, -0.2) is 196 Å². The van der Waals surface area contributed by atoms with E-state index in [1.54, 1.807) is 10.9 Å². The molecule has 390 valence electrons. The molecule has 1 aromatic heterocycles. The van der Waals surface area contributed by atoms with Crippen molar-refractivity contribution in [1.29, 1.82) is 0 Å². The normalized spacial score (nSPS) is 19.9. The Morgan fingerprint density at radius 1 is 0.829 bits per heavy atom. The third kappa shape index (κ3) is 19.4. The molecular formula is C44H63F2N7O17. The molecule has 0 saturated carbocycles. The summed E-state index contributed by atoms with van der Waals surface area (Å²) < 4.78 is 60.8. The molecule has 0 bridgehead atoms. The van der Waals surface area contributed by atoms with Crippen LogP contribution in [-0.2, 0) is 76.8 Å². The lowest BCUT2D eigenvalue weighted by atomic mass is 9.88. The van der Waals surface area contributed by atoms with E-state index < -0.39 is 91.8 Å². The fourth-order valence-corrected chi connectivity index (χ4v) is 7.07. The Balaban J connectivity index is 1.05. The predicted molar refractivity (Wildman–Crippen MR) is 235 cm³/mol. The summed E-state index contributed by atoms with van der Waals surface area (Å²) in [4.78, 5) is 73.1. The Hall–Kier alpha value is -5.42. The minimum absolute atomic E-state index is 0.00901. The fraction of sp³-hybridized carbons (Fsp3) is 0.636. The third-order valence-corrected chi connectivity index (χ3v) is 10.8. The van der Waals surface area contributed by atoms with Crippen molar-refractivity contribution in [2.45, 2.75) is 101 Å². The summed E-state index contributed by atoms with van der Waals surface area (Å²) in [6, 6.07) is 3.50. The van der Waals surface area contributed by atoms with Crippen LogP contribution in [0.1, 0.15) is 61.8 Å². The van der Waals surface area contributed by atoms with Gasteiger partial charge in [-0.2, -0.15) is 0 Å². The van der Waals surface area contributed by atoms with Crippen molar-refractivity contribution in [3.8, 4) is 0 Å². The minimum atomic E-state index is -2.69. The number of carbonyl (C=O) groups excluding carboxylic acids is 5. The van der Waals surface area contributed by atoms with Gasteiger partial charge < -0.3 is 69.9 Å². The molecular weight excluding hydrogens is 937 g/mol. The Bertz CT molecular complexity index is 1980. The molecule has 3 heterocycles. The number of aryl methyl sites for hydroxylation is 1. The van der Waals surface area contributed by atoms with E-state index in [0.29, 0.717) is 83.1 Å². The van der Waals surface area contributed by atoms with Crippen LogP contribution in [0.25, 0.3) is 0 Å². The number of alkyl halides is 2. The zero-order chi connectivity index (χ0) is 50.9. The lowest BCUT2D eigenvalue weighted by Gasteiger charge is -2.46. The van der Waals surface area contributed by atoms with E-state index in [1.165, 1.54) is 36.4 Å². The van der Waals surface area contributed by atoms with E-state index in [-0.39, 0.29) is 57.2 Å². The van der Waals surface area contributed by atoms with Gasteiger partial charge in [0.15, 0.2) is 0 Å². The van der Waals surface area contributed by atoms with Crippen LogP contribution < -0.4 is 16.0 Å². The average molecular weight is 1000 g/mol. The monoisotopic (exact) mass is 999 g/mol. The Morgan fingerprint density at radius 2 is 1.47 bits per heavy atom. The topological polar surface area (TPSA) is 329 Å². The number of imide groups is 1. The van der Waals surface area contributed by atoms with Crippen LogP contribution in [0, 0.1) is 0 Å². The largest absolute Gasteiger partial charge is 0.477 e. The summed E-state index contributed by atoms with van der Waals surface area (Å²) in [5, 5.41) is 68.0. The van der Waals surface area contributed by atoms with Crippen LogP contribution in [0.4, 0.5) is 8.78 Å². The molecule has 0 radical (unpaired) electrons. The van der Waals surface area contributed by atoms with Crippen LogP contribution >= 0.6 is 0 Å². The number of halogens is 2. The highest BCUT2D eigenvalue weighted by molar-refractivity contribution is 6.13. The van der Waals surface area contributed by atoms with Gasteiger partial charge in [0.2, 0.25) is 17.7 Å². The second-order valence-electron chi connectivity index (χ2n) is 16.1. The van der Waals surface area contributed by atoms with Crippen molar-refractivity contribution >= 4 is 35.5 Å². The summed E-state index contributed by atoms with van der Waals surface area (Å²) in [5.41, 5.74) is 0.784. The molecule has 24 nitrogen and oxygen atoms in total. The number of aliphatic carboxylic acids is 1. The SMILES string of the molecule is O=C(CCN1C(=O)C=CC1=O)NCCOCCOCCOCCOCc1cn(CCCCCCO[C@]2(C(=O)O)C[C@H](O)[C@@H](NC(=O)CO)[C@H]([C@H](O)[C@H](O)CNC(=O)Cc3ccc(C(F)F)cc3)O2)nn1. The number of hydrogen-bond acceptors (Lipinski definition) is 18. The van der Waals surface area contributed by atoms with E-state index in [2.05, 4.69) is 26.3 Å². The molecule has 8 N–H and O–H groups in total. The van der Waals surface area contributed by atoms with Crippen molar-refractivity contribution in [1.82, 2.24) is 35.8 Å².